The third kappa shape index (κ3) is 3.61. The van der Waals surface area contributed by atoms with Gasteiger partial charge in [-0.3, -0.25) is 0 Å². The lowest BCUT2D eigenvalue weighted by molar-refractivity contribution is 0.462. The second kappa shape index (κ2) is 7.72. The second-order valence-electron chi connectivity index (χ2n) is 7.99. The molecule has 0 aliphatic carbocycles. The molecule has 9 heteroatoms. The van der Waals surface area contributed by atoms with Crippen molar-refractivity contribution >= 4 is 15.7 Å². The summed E-state index contributed by atoms with van der Waals surface area (Å²) in [6.45, 7) is 1.14. The van der Waals surface area contributed by atoms with Crippen LogP contribution >= 0.6 is 0 Å². The highest BCUT2D eigenvalue weighted by atomic mass is 32.2. The Labute approximate surface area is 179 Å². The maximum absolute atomic E-state index is 13.7. The highest BCUT2D eigenvalue weighted by Crippen LogP contribution is 2.34. The minimum atomic E-state index is -3.74. The number of benzene rings is 2. The third-order valence-electron chi connectivity index (χ3n) is 6.07. The van der Waals surface area contributed by atoms with E-state index >= 15 is 0 Å². The number of hydrogen-bond donors (Lipinski definition) is 1. The van der Waals surface area contributed by atoms with Gasteiger partial charge in [0.2, 0.25) is 0 Å². The number of aryl methyl sites for hydroxylation is 1. The van der Waals surface area contributed by atoms with Crippen molar-refractivity contribution in [3.05, 3.63) is 77.8 Å². The summed E-state index contributed by atoms with van der Waals surface area (Å²) in [5, 5.41) is 3.44. The summed E-state index contributed by atoms with van der Waals surface area (Å²) in [5.41, 5.74) is 1.40. The largest absolute Gasteiger partial charge is 0.380 e. The van der Waals surface area contributed by atoms with Gasteiger partial charge in [0.1, 0.15) is 5.82 Å². The minimum absolute atomic E-state index is 0.148. The molecule has 3 heterocycles. The van der Waals surface area contributed by atoms with E-state index in [1.807, 2.05) is 30.3 Å². The normalized spacial score (nSPS) is 21.4. The number of sulfonamides is 1. The van der Waals surface area contributed by atoms with Crippen LogP contribution in [0.4, 0.5) is 14.5 Å². The smallest absolute Gasteiger partial charge is 0.260 e. The number of fused-ring (bicyclic) bond motifs is 1. The predicted molar refractivity (Wildman–Crippen MR) is 112 cm³/mol. The molecule has 2 atom stereocenters. The van der Waals surface area contributed by atoms with Crippen LogP contribution < -0.4 is 5.32 Å². The summed E-state index contributed by atoms with van der Waals surface area (Å²) in [6, 6.07) is 12.9. The topological polar surface area (TPSA) is 67.2 Å². The quantitative estimate of drug-likeness (QED) is 0.655. The number of anilines is 1. The lowest BCUT2D eigenvalue weighted by atomic mass is 9.94. The Morgan fingerprint density at radius 2 is 1.84 bits per heavy atom. The fourth-order valence-electron chi connectivity index (χ4n) is 4.52. The van der Waals surface area contributed by atoms with E-state index in [1.54, 1.807) is 4.57 Å². The summed E-state index contributed by atoms with van der Waals surface area (Å²) in [5.74, 6) is -1.21. The van der Waals surface area contributed by atoms with Crippen molar-refractivity contribution in [2.24, 2.45) is 0 Å². The molecule has 31 heavy (non-hydrogen) atoms. The van der Waals surface area contributed by atoms with Gasteiger partial charge >= 0.3 is 0 Å². The number of hydrogen-bond acceptors (Lipinski definition) is 4. The molecule has 6 nitrogen and oxygen atoms in total. The Balaban J connectivity index is 1.47. The molecule has 1 fully saturated rings. The van der Waals surface area contributed by atoms with Gasteiger partial charge in [0.15, 0.2) is 16.7 Å². The molecule has 0 spiro atoms. The van der Waals surface area contributed by atoms with Crippen LogP contribution in [0.3, 0.4) is 0 Å². The Kier molecular flexibility index (Phi) is 5.02. The van der Waals surface area contributed by atoms with Crippen molar-refractivity contribution in [2.45, 2.75) is 36.4 Å². The summed E-state index contributed by atoms with van der Waals surface area (Å²) >= 11 is 0. The van der Waals surface area contributed by atoms with Crippen molar-refractivity contribution in [1.29, 1.82) is 0 Å². The van der Waals surface area contributed by atoms with Crippen LogP contribution in [-0.2, 0) is 23.0 Å². The zero-order valence-electron chi connectivity index (χ0n) is 16.7. The van der Waals surface area contributed by atoms with E-state index < -0.39 is 21.7 Å². The van der Waals surface area contributed by atoms with E-state index in [-0.39, 0.29) is 30.1 Å². The van der Waals surface area contributed by atoms with Crippen molar-refractivity contribution < 1.29 is 17.2 Å². The average molecular weight is 445 g/mol. The van der Waals surface area contributed by atoms with Gasteiger partial charge in [-0.2, -0.15) is 4.31 Å². The van der Waals surface area contributed by atoms with Crippen molar-refractivity contribution in [1.82, 2.24) is 13.9 Å². The van der Waals surface area contributed by atoms with Crippen LogP contribution in [-0.4, -0.2) is 41.4 Å². The summed E-state index contributed by atoms with van der Waals surface area (Å²) in [4.78, 5) is 4.28. The highest BCUT2D eigenvalue weighted by molar-refractivity contribution is 7.89. The number of halogens is 2. The molecule has 2 unspecified atom stereocenters. The average Bonchev–Trinajstić information content (AvgIpc) is 3.47. The SMILES string of the molecule is O=S(=O)(c1cnc2n1CCC2)N1CC(Nc2ccc(F)c(F)c2)C(c2ccccc2)C1. The fraction of sp³-hybridized carbons (Fsp3) is 0.318. The van der Waals surface area contributed by atoms with Crippen molar-refractivity contribution in [3.8, 4) is 0 Å². The molecule has 5 rings (SSSR count). The lowest BCUT2D eigenvalue weighted by Gasteiger charge is -2.21. The first-order valence-corrected chi connectivity index (χ1v) is 11.7. The summed E-state index contributed by atoms with van der Waals surface area (Å²) in [7, 11) is -3.74. The number of nitrogens with zero attached hydrogens (tertiary/aromatic N) is 3. The summed E-state index contributed by atoms with van der Waals surface area (Å²) < 4.78 is 57.2. The molecular formula is C22H22F2N4O2S. The Morgan fingerprint density at radius 1 is 1.03 bits per heavy atom. The highest BCUT2D eigenvalue weighted by Gasteiger charge is 2.42. The van der Waals surface area contributed by atoms with E-state index in [0.29, 0.717) is 12.2 Å². The van der Waals surface area contributed by atoms with Crippen LogP contribution in [0.1, 0.15) is 23.7 Å². The molecule has 162 valence electrons. The Bertz CT molecular complexity index is 1210. The summed E-state index contributed by atoms with van der Waals surface area (Å²) in [6.07, 6.45) is 3.11. The number of aromatic nitrogens is 2. The van der Waals surface area contributed by atoms with Crippen molar-refractivity contribution in [2.75, 3.05) is 18.4 Å². The monoisotopic (exact) mass is 444 g/mol. The van der Waals surface area contributed by atoms with Crippen LogP contribution in [0, 0.1) is 11.6 Å². The Morgan fingerprint density at radius 3 is 2.61 bits per heavy atom. The molecule has 0 amide bonds. The molecule has 3 aromatic rings. The standard InChI is InChI=1S/C22H22F2N4O2S/c23-18-9-8-16(11-19(18)24)26-20-14-27(13-17(20)15-5-2-1-3-6-15)31(29,30)22-12-25-21-7-4-10-28(21)22/h1-3,5-6,8-9,11-12,17,20,26H,4,7,10,13-14H2. The molecule has 1 aromatic heterocycles. The van der Waals surface area contributed by atoms with Gasteiger partial charge in [-0.05, 0) is 24.1 Å². The van der Waals surface area contributed by atoms with Crippen LogP contribution in [0.2, 0.25) is 0 Å². The molecule has 2 aliphatic heterocycles. The first-order valence-electron chi connectivity index (χ1n) is 10.2. The first kappa shape index (κ1) is 20.1. The molecule has 0 bridgehead atoms. The lowest BCUT2D eigenvalue weighted by Crippen LogP contribution is -2.33. The van der Waals surface area contributed by atoms with Gasteiger partial charge in [0.25, 0.3) is 10.0 Å². The zero-order chi connectivity index (χ0) is 21.6. The second-order valence-corrected chi connectivity index (χ2v) is 9.87. The fourth-order valence-corrected chi connectivity index (χ4v) is 6.16. The van der Waals surface area contributed by atoms with Crippen LogP contribution in [0.5, 0.6) is 0 Å². The van der Waals surface area contributed by atoms with Crippen molar-refractivity contribution in [3.63, 3.8) is 0 Å². The van der Waals surface area contributed by atoms with Gasteiger partial charge in [-0.15, -0.1) is 0 Å². The maximum atomic E-state index is 13.7. The van der Waals surface area contributed by atoms with E-state index in [1.165, 1.54) is 16.6 Å². The molecule has 0 saturated carbocycles. The number of imidazole rings is 1. The molecule has 0 radical (unpaired) electrons. The van der Waals surface area contributed by atoms with E-state index in [0.717, 1.165) is 36.4 Å². The van der Waals surface area contributed by atoms with Gasteiger partial charge < -0.3 is 9.88 Å². The maximum Gasteiger partial charge on any atom is 0.260 e. The van der Waals surface area contributed by atoms with Gasteiger partial charge in [-0.1, -0.05) is 30.3 Å². The zero-order valence-corrected chi connectivity index (χ0v) is 17.5. The molecular weight excluding hydrogens is 422 g/mol. The van der Waals surface area contributed by atoms with Crippen LogP contribution in [0.25, 0.3) is 0 Å². The molecule has 1 saturated heterocycles. The molecule has 2 aliphatic rings. The minimum Gasteiger partial charge on any atom is -0.380 e. The van der Waals surface area contributed by atoms with E-state index in [2.05, 4.69) is 10.3 Å². The number of nitrogens with one attached hydrogen (secondary N) is 1. The van der Waals surface area contributed by atoms with E-state index in [4.69, 9.17) is 0 Å². The third-order valence-corrected chi connectivity index (χ3v) is 7.91. The van der Waals surface area contributed by atoms with Gasteiger partial charge in [-0.25, -0.2) is 22.2 Å². The van der Waals surface area contributed by atoms with Gasteiger partial charge in [0.05, 0.1) is 6.20 Å². The van der Waals surface area contributed by atoms with Crippen LogP contribution in [0.15, 0.2) is 59.8 Å². The Hall–Kier alpha value is -2.78. The predicted octanol–water partition coefficient (Wildman–Crippen LogP) is 3.38. The van der Waals surface area contributed by atoms with E-state index in [9.17, 15) is 17.2 Å². The molecule has 1 N–H and O–H groups in total. The van der Waals surface area contributed by atoms with Gasteiger partial charge in [0, 0.05) is 49.8 Å². The number of rotatable bonds is 5. The first-order chi connectivity index (χ1) is 14.9. The molecule has 2 aromatic carbocycles.